The Kier molecular flexibility index (Phi) is 23.4. The third-order valence-electron chi connectivity index (χ3n) is 17.0. The molecule has 2 aliphatic heterocycles. The molecule has 0 radical (unpaired) electrons. The average Bonchev–Trinajstić information content (AvgIpc) is 4.08. The summed E-state index contributed by atoms with van der Waals surface area (Å²) in [5, 5.41) is 8.18. The lowest BCUT2D eigenvalue weighted by atomic mass is 9.90. The van der Waals surface area contributed by atoms with Gasteiger partial charge in [0.15, 0.2) is 0 Å². The number of benzene rings is 1. The number of aryl methyl sites for hydroxylation is 1. The minimum Gasteiger partial charge on any atom is -0.347 e. The maximum Gasteiger partial charge on any atom is 0.248 e. The fourth-order valence-corrected chi connectivity index (χ4v) is 10.5. The zero-order valence-electron chi connectivity index (χ0n) is 50.6. The molecule has 450 valence electrons. The molecule has 2 heterocycles. The van der Waals surface area contributed by atoms with Crippen LogP contribution >= 0.6 is 0 Å². The summed E-state index contributed by atoms with van der Waals surface area (Å²) in [6.45, 7) is 10.7. The molecule has 12 amide bonds. The fourth-order valence-electron chi connectivity index (χ4n) is 10.5. The van der Waals surface area contributed by atoms with Gasteiger partial charge in [0.05, 0.1) is 26.1 Å². The summed E-state index contributed by atoms with van der Waals surface area (Å²) in [6, 6.07) is -0.877. The third-order valence-corrected chi connectivity index (χ3v) is 17.0. The van der Waals surface area contributed by atoms with Crippen molar-refractivity contribution in [3.63, 3.8) is 0 Å². The lowest BCUT2D eigenvalue weighted by molar-refractivity contribution is -0.160. The van der Waals surface area contributed by atoms with E-state index in [1.165, 1.54) is 102 Å². The molecule has 3 fully saturated rings. The van der Waals surface area contributed by atoms with Gasteiger partial charge in [-0.3, -0.25) is 57.5 Å². The van der Waals surface area contributed by atoms with Crippen molar-refractivity contribution in [2.24, 2.45) is 11.8 Å². The topological polar surface area (TPSA) is 270 Å². The number of carbonyl (C=O) groups excluding carboxylic acids is 12. The van der Waals surface area contributed by atoms with Crippen molar-refractivity contribution >= 4 is 70.9 Å². The van der Waals surface area contributed by atoms with Gasteiger partial charge in [-0.05, 0) is 57.4 Å². The third kappa shape index (κ3) is 15.7. The van der Waals surface area contributed by atoms with E-state index in [0.717, 1.165) is 25.2 Å². The summed E-state index contributed by atoms with van der Waals surface area (Å²) in [7, 11) is 12.7. The highest BCUT2D eigenvalue weighted by atomic mass is 16.2. The molecule has 1 saturated carbocycles. The first-order valence-corrected chi connectivity index (χ1v) is 28.1. The first-order valence-electron chi connectivity index (χ1n) is 28.1. The van der Waals surface area contributed by atoms with Crippen LogP contribution in [0.15, 0.2) is 24.3 Å². The summed E-state index contributed by atoms with van der Waals surface area (Å²) < 4.78 is 0. The van der Waals surface area contributed by atoms with E-state index < -0.39 is 157 Å². The SMILES string of the molecule is CC[C@H](C)C1NC(=O)C(C)N(C)C(=O)CC(C(=O)N(C)C)N(C)C(=O)C([C@@H](C)CC)N(C)C(=O)C2(CCCC2)NC(=O)CN(C)C(=O)CNC(=O)CN(C)C(=O)C(Cc2ccc(C)cc2)N(C)C(=O)C2CCN2C(=O)C(C)N(C)C1=O. The first kappa shape index (κ1) is 66.4. The molecule has 3 aliphatic rings. The van der Waals surface area contributed by atoms with Crippen LogP contribution in [0.5, 0.6) is 0 Å². The van der Waals surface area contributed by atoms with Gasteiger partial charge in [0.2, 0.25) is 70.9 Å². The van der Waals surface area contributed by atoms with Crippen LogP contribution in [-0.4, -0.2) is 252 Å². The first-order chi connectivity index (χ1) is 37.8. The number of nitrogens with one attached hydrogen (secondary N) is 3. The molecule has 0 bridgehead atoms. The zero-order chi connectivity index (χ0) is 61.1. The van der Waals surface area contributed by atoms with Gasteiger partial charge in [-0.25, -0.2) is 0 Å². The van der Waals surface area contributed by atoms with E-state index in [1.807, 2.05) is 45.0 Å². The Morgan fingerprint density at radius 2 is 1.25 bits per heavy atom. The number of likely N-dealkylation sites (N-methyl/N-ethyl adjacent to an activating group) is 8. The van der Waals surface area contributed by atoms with Crippen molar-refractivity contribution in [2.45, 2.75) is 154 Å². The molecule has 2 saturated heterocycles. The van der Waals surface area contributed by atoms with Crippen LogP contribution in [-0.2, 0) is 64.0 Å². The van der Waals surface area contributed by atoms with Gasteiger partial charge in [0, 0.05) is 76.4 Å². The number of hydrogen-bond donors (Lipinski definition) is 3. The van der Waals surface area contributed by atoms with Crippen molar-refractivity contribution in [1.29, 1.82) is 0 Å². The van der Waals surface area contributed by atoms with Gasteiger partial charge in [-0.15, -0.1) is 0 Å². The summed E-state index contributed by atoms with van der Waals surface area (Å²) in [5.74, 6) is -8.55. The molecule has 1 aliphatic carbocycles. The highest BCUT2D eigenvalue weighted by Crippen LogP contribution is 2.34. The van der Waals surface area contributed by atoms with Crippen LogP contribution < -0.4 is 16.0 Å². The van der Waals surface area contributed by atoms with Crippen LogP contribution in [0.25, 0.3) is 0 Å². The van der Waals surface area contributed by atoms with Gasteiger partial charge in [-0.2, -0.15) is 0 Å². The van der Waals surface area contributed by atoms with Gasteiger partial charge >= 0.3 is 0 Å². The van der Waals surface area contributed by atoms with Crippen molar-refractivity contribution in [1.82, 2.24) is 60.0 Å². The molecule has 24 nitrogen and oxygen atoms in total. The zero-order valence-corrected chi connectivity index (χ0v) is 50.6. The van der Waals surface area contributed by atoms with Crippen molar-refractivity contribution < 1.29 is 57.5 Å². The van der Waals surface area contributed by atoms with E-state index in [9.17, 15) is 57.5 Å². The number of fused-ring (bicyclic) bond motifs is 1. The number of carbonyl (C=O) groups is 12. The number of amides is 12. The van der Waals surface area contributed by atoms with E-state index in [2.05, 4.69) is 16.0 Å². The molecule has 81 heavy (non-hydrogen) atoms. The summed E-state index contributed by atoms with van der Waals surface area (Å²) in [4.78, 5) is 181. The molecular formula is C57H90N12O12. The fraction of sp³-hybridized carbons (Fsp3) is 0.684. The molecule has 1 aromatic carbocycles. The van der Waals surface area contributed by atoms with E-state index in [1.54, 1.807) is 13.8 Å². The van der Waals surface area contributed by atoms with Crippen LogP contribution in [0.1, 0.15) is 104 Å². The number of hydrogen-bond acceptors (Lipinski definition) is 12. The average molecular weight is 1140 g/mol. The van der Waals surface area contributed by atoms with Crippen LogP contribution in [0, 0.1) is 18.8 Å². The molecule has 4 rings (SSSR count). The molecule has 7 unspecified atom stereocenters. The number of rotatable bonds is 7. The predicted molar refractivity (Wildman–Crippen MR) is 301 cm³/mol. The minimum atomic E-state index is -1.46. The molecule has 3 N–H and O–H groups in total. The Labute approximate surface area is 477 Å². The predicted octanol–water partition coefficient (Wildman–Crippen LogP) is -0.156. The maximum absolute atomic E-state index is 14.9. The Morgan fingerprint density at radius 1 is 0.667 bits per heavy atom. The van der Waals surface area contributed by atoms with Gasteiger partial charge in [0.1, 0.15) is 47.8 Å². The van der Waals surface area contributed by atoms with E-state index in [-0.39, 0.29) is 32.2 Å². The van der Waals surface area contributed by atoms with Gasteiger partial charge in [0.25, 0.3) is 0 Å². The molecule has 9 atom stereocenters. The second kappa shape index (κ2) is 28.5. The number of nitrogens with zero attached hydrogens (tertiary/aromatic N) is 9. The van der Waals surface area contributed by atoms with Crippen LogP contribution in [0.2, 0.25) is 0 Å². The molecule has 24 heteroatoms. The normalized spacial score (nSPS) is 26.5. The Bertz CT molecular complexity index is 2520. The smallest absolute Gasteiger partial charge is 0.248 e. The Balaban J connectivity index is 1.75. The van der Waals surface area contributed by atoms with Crippen molar-refractivity contribution in [3.8, 4) is 0 Å². The lowest BCUT2D eigenvalue weighted by Crippen LogP contribution is -2.65. The molecule has 1 aromatic rings. The van der Waals surface area contributed by atoms with Gasteiger partial charge < -0.3 is 60.0 Å². The highest BCUT2D eigenvalue weighted by Gasteiger charge is 2.49. The van der Waals surface area contributed by atoms with Gasteiger partial charge in [-0.1, -0.05) is 83.2 Å². The highest BCUT2D eigenvalue weighted by molar-refractivity contribution is 6.00. The molecule has 1 spiro atoms. The second-order valence-electron chi connectivity index (χ2n) is 22.9. The monoisotopic (exact) mass is 1130 g/mol. The van der Waals surface area contributed by atoms with Crippen molar-refractivity contribution in [3.05, 3.63) is 35.4 Å². The van der Waals surface area contributed by atoms with E-state index >= 15 is 0 Å². The molecular weight excluding hydrogens is 1040 g/mol. The quantitative estimate of drug-likeness (QED) is 0.322. The Morgan fingerprint density at radius 3 is 1.79 bits per heavy atom. The lowest BCUT2D eigenvalue weighted by Gasteiger charge is -2.45. The van der Waals surface area contributed by atoms with E-state index in [0.29, 0.717) is 31.2 Å². The standard InChI is InChI=1S/C57H90N12O12/c1-17-35(4)47-54(79)65(13)38(7)50(75)69-28-25-40(69)53(78)66(14)41(29-39-23-21-34(3)22-24-39)52(77)63(11)32-43(70)58-31-46(73)62(10)33-44(71)60-57(26-19-20-27-57)56(81)68(16)48(36(5)18-2)55(80)67(15)42(51(76)61(8)9)30-45(72)64(12)37(6)49(74)59-47/h21-24,35-38,40-42,47-48H,17-20,25-33H2,1-16H3,(H,58,70)(H,59,74)(H,60,71)/t35-,36-,37?,38?,40?,41?,42?,47?,48?/m0/s1. The van der Waals surface area contributed by atoms with Crippen LogP contribution in [0.4, 0.5) is 0 Å². The molecule has 0 aromatic heterocycles. The minimum absolute atomic E-state index is 0.0476. The van der Waals surface area contributed by atoms with Crippen LogP contribution in [0.3, 0.4) is 0 Å². The second-order valence-corrected chi connectivity index (χ2v) is 22.9. The summed E-state index contributed by atoms with van der Waals surface area (Å²) in [5.41, 5.74) is 0.215. The van der Waals surface area contributed by atoms with E-state index in [4.69, 9.17) is 0 Å². The Hall–Kier alpha value is -7.14. The summed E-state index contributed by atoms with van der Waals surface area (Å²) >= 11 is 0. The largest absolute Gasteiger partial charge is 0.347 e. The van der Waals surface area contributed by atoms with Crippen molar-refractivity contribution in [2.75, 3.05) is 89.6 Å². The maximum atomic E-state index is 14.9. The summed E-state index contributed by atoms with van der Waals surface area (Å²) in [6.07, 6.45) is 2.15.